The van der Waals surface area contributed by atoms with E-state index in [0.29, 0.717) is 5.75 Å². The molecule has 0 saturated carbocycles. The fourth-order valence-corrected chi connectivity index (χ4v) is 4.02. The second-order valence-electron chi connectivity index (χ2n) is 5.97. The Morgan fingerprint density at radius 2 is 2.17 bits per heavy atom. The van der Waals surface area contributed by atoms with Gasteiger partial charge in [-0.05, 0) is 44.4 Å². The van der Waals surface area contributed by atoms with Crippen molar-refractivity contribution < 1.29 is 22.5 Å². The average Bonchev–Trinajstić information content (AvgIpc) is 3.26. The summed E-state index contributed by atoms with van der Waals surface area (Å²) in [5, 5.41) is 14.1. The first-order valence-corrected chi connectivity index (χ1v) is 12.0. The zero-order valence-corrected chi connectivity index (χ0v) is 18.5. The quantitative estimate of drug-likeness (QED) is 0.332. The molecule has 30 heavy (non-hydrogen) atoms. The molecule has 0 saturated heterocycles. The average molecular weight is 521 g/mol. The number of thioether (sulfide) groups is 1. The van der Waals surface area contributed by atoms with Gasteiger partial charge in [-0.3, -0.25) is 14.1 Å². The summed E-state index contributed by atoms with van der Waals surface area (Å²) in [5.74, 6) is -1.84. The highest BCUT2D eigenvalue weighted by Crippen LogP contribution is 2.28. The van der Waals surface area contributed by atoms with Gasteiger partial charge in [-0.25, -0.2) is 22.6 Å². The summed E-state index contributed by atoms with van der Waals surface area (Å²) in [6.07, 6.45) is 1.19. The standard InChI is InChI=1S/C15H14BrFN6O5S2/c1-30(18,26)7-11(24)19-4-5-29-14-12(20-28-22-14)13-21-27-15(25)23(13)8-2-3-10(17)9(16)6-8/h2-3,6,18H,4-5,7H2,1H3,(H,19,24). The molecule has 1 atom stereocenters. The van der Waals surface area contributed by atoms with Crippen molar-refractivity contribution in [2.24, 2.45) is 0 Å². The van der Waals surface area contributed by atoms with Crippen molar-refractivity contribution in [1.29, 1.82) is 4.78 Å². The molecule has 1 amide bonds. The summed E-state index contributed by atoms with van der Waals surface area (Å²) in [6.45, 7) is 0.210. The zero-order chi connectivity index (χ0) is 21.9. The molecule has 160 valence electrons. The minimum absolute atomic E-state index is 0.00576. The summed E-state index contributed by atoms with van der Waals surface area (Å²) in [5.41, 5.74) is 0.412. The highest BCUT2D eigenvalue weighted by Gasteiger charge is 2.23. The van der Waals surface area contributed by atoms with E-state index >= 15 is 0 Å². The molecule has 0 aliphatic heterocycles. The molecule has 0 aliphatic rings. The van der Waals surface area contributed by atoms with Crippen LogP contribution in [0.15, 0.2) is 41.6 Å². The number of amides is 1. The Kier molecular flexibility index (Phi) is 6.72. The van der Waals surface area contributed by atoms with Crippen LogP contribution in [0.3, 0.4) is 0 Å². The third-order valence-electron chi connectivity index (χ3n) is 3.51. The van der Waals surface area contributed by atoms with Crippen LogP contribution in [0.5, 0.6) is 0 Å². The fraction of sp³-hybridized carbons (Fsp3) is 0.267. The van der Waals surface area contributed by atoms with E-state index in [1.807, 2.05) is 0 Å². The van der Waals surface area contributed by atoms with E-state index in [-0.39, 0.29) is 39.0 Å². The summed E-state index contributed by atoms with van der Waals surface area (Å²) in [7, 11) is -2.92. The fourth-order valence-electron chi connectivity index (χ4n) is 2.30. The lowest BCUT2D eigenvalue weighted by atomic mass is 10.3. The number of nitrogens with one attached hydrogen (secondary N) is 2. The van der Waals surface area contributed by atoms with E-state index in [9.17, 15) is 18.2 Å². The van der Waals surface area contributed by atoms with Gasteiger partial charge in [0, 0.05) is 18.6 Å². The Hall–Kier alpha value is -2.52. The number of halogens is 2. The Morgan fingerprint density at radius 1 is 1.40 bits per heavy atom. The minimum atomic E-state index is -2.92. The maximum absolute atomic E-state index is 13.5. The van der Waals surface area contributed by atoms with Gasteiger partial charge in [-0.1, -0.05) is 16.9 Å². The summed E-state index contributed by atoms with van der Waals surface area (Å²) in [4.78, 5) is 23.8. The van der Waals surface area contributed by atoms with Crippen molar-refractivity contribution >= 4 is 43.3 Å². The number of aromatic nitrogens is 4. The monoisotopic (exact) mass is 520 g/mol. The molecule has 1 aromatic carbocycles. The Labute approximate surface area is 181 Å². The topological polar surface area (TPSA) is 157 Å². The van der Waals surface area contributed by atoms with Crippen molar-refractivity contribution in [3.05, 3.63) is 39.0 Å². The Morgan fingerprint density at radius 3 is 2.87 bits per heavy atom. The van der Waals surface area contributed by atoms with Crippen LogP contribution < -0.4 is 11.1 Å². The molecule has 2 heterocycles. The highest BCUT2D eigenvalue weighted by molar-refractivity contribution is 9.10. The van der Waals surface area contributed by atoms with Gasteiger partial charge < -0.3 is 5.32 Å². The van der Waals surface area contributed by atoms with E-state index in [1.54, 1.807) is 0 Å². The van der Waals surface area contributed by atoms with Crippen LogP contribution in [-0.2, 0) is 14.5 Å². The zero-order valence-electron chi connectivity index (χ0n) is 15.3. The number of hydrogen-bond donors (Lipinski definition) is 2. The van der Waals surface area contributed by atoms with E-state index in [4.69, 9.17) is 13.9 Å². The first kappa shape index (κ1) is 22.2. The molecule has 0 bridgehead atoms. The smallest absolute Gasteiger partial charge is 0.354 e. The molecule has 15 heteroatoms. The van der Waals surface area contributed by atoms with Crippen LogP contribution in [0, 0.1) is 10.6 Å². The van der Waals surface area contributed by atoms with E-state index < -0.39 is 27.2 Å². The molecule has 3 aromatic rings. The Balaban J connectivity index is 1.75. The van der Waals surface area contributed by atoms with Gasteiger partial charge in [0.25, 0.3) is 0 Å². The van der Waals surface area contributed by atoms with Gasteiger partial charge >= 0.3 is 5.76 Å². The molecule has 1 unspecified atom stereocenters. The number of hydrogen-bond acceptors (Lipinski definition) is 10. The lowest BCUT2D eigenvalue weighted by molar-refractivity contribution is -0.118. The largest absolute Gasteiger partial charge is 0.446 e. The molecule has 3 rings (SSSR count). The molecule has 0 spiro atoms. The molecule has 11 nitrogen and oxygen atoms in total. The van der Waals surface area contributed by atoms with Crippen molar-refractivity contribution in [1.82, 2.24) is 25.4 Å². The predicted octanol–water partition coefficient (Wildman–Crippen LogP) is 1.66. The van der Waals surface area contributed by atoms with E-state index in [1.165, 1.54) is 24.5 Å². The van der Waals surface area contributed by atoms with Crippen LogP contribution >= 0.6 is 27.7 Å². The van der Waals surface area contributed by atoms with Crippen molar-refractivity contribution in [2.75, 3.05) is 24.3 Å². The summed E-state index contributed by atoms with van der Waals surface area (Å²) < 4.78 is 42.8. The molecular weight excluding hydrogens is 507 g/mol. The van der Waals surface area contributed by atoms with Crippen LogP contribution in [-0.4, -0.2) is 54.5 Å². The van der Waals surface area contributed by atoms with Crippen LogP contribution in [0.25, 0.3) is 17.2 Å². The maximum Gasteiger partial charge on any atom is 0.446 e. The van der Waals surface area contributed by atoms with Crippen LogP contribution in [0.1, 0.15) is 0 Å². The maximum atomic E-state index is 13.5. The van der Waals surface area contributed by atoms with E-state index in [2.05, 4.69) is 36.7 Å². The van der Waals surface area contributed by atoms with Gasteiger partial charge in [0.2, 0.25) is 11.7 Å². The van der Waals surface area contributed by atoms with Crippen molar-refractivity contribution in [3.8, 4) is 17.2 Å². The summed E-state index contributed by atoms with van der Waals surface area (Å²) in [6, 6.07) is 3.93. The first-order valence-electron chi connectivity index (χ1n) is 8.14. The number of benzene rings is 1. The molecular formula is C15H14BrFN6O5S2. The lowest BCUT2D eigenvalue weighted by Crippen LogP contribution is -2.31. The van der Waals surface area contributed by atoms with Crippen molar-refractivity contribution in [2.45, 2.75) is 5.03 Å². The van der Waals surface area contributed by atoms with Gasteiger partial charge in [-0.15, -0.1) is 0 Å². The molecule has 0 radical (unpaired) electrons. The van der Waals surface area contributed by atoms with Crippen molar-refractivity contribution in [3.63, 3.8) is 0 Å². The van der Waals surface area contributed by atoms with Gasteiger partial charge in [0.1, 0.15) is 11.6 Å². The molecule has 0 aliphatic carbocycles. The number of carbonyl (C=O) groups is 1. The number of nitrogens with zero attached hydrogens (tertiary/aromatic N) is 4. The van der Waals surface area contributed by atoms with Gasteiger partial charge in [0.15, 0.2) is 10.7 Å². The van der Waals surface area contributed by atoms with Crippen LogP contribution in [0.4, 0.5) is 4.39 Å². The Bertz CT molecular complexity index is 1240. The molecule has 2 aromatic heterocycles. The highest BCUT2D eigenvalue weighted by atomic mass is 79.9. The third kappa shape index (κ3) is 5.34. The second kappa shape index (κ2) is 9.09. The van der Waals surface area contributed by atoms with Gasteiger partial charge in [0.05, 0.1) is 19.9 Å². The number of carbonyl (C=O) groups excluding carboxylic acids is 1. The number of rotatable bonds is 8. The third-order valence-corrected chi connectivity index (χ3v) is 5.88. The SMILES string of the molecule is CS(=N)(=O)CC(=O)NCCSc1nonc1-c1noc(=O)n1-c1ccc(F)c(Br)c1. The summed E-state index contributed by atoms with van der Waals surface area (Å²) >= 11 is 4.22. The predicted molar refractivity (Wildman–Crippen MR) is 108 cm³/mol. The molecule has 2 N–H and O–H groups in total. The van der Waals surface area contributed by atoms with Gasteiger partial charge in [-0.2, -0.15) is 0 Å². The lowest BCUT2D eigenvalue weighted by Gasteiger charge is -2.05. The van der Waals surface area contributed by atoms with Crippen LogP contribution in [0.2, 0.25) is 0 Å². The van der Waals surface area contributed by atoms with E-state index in [0.717, 1.165) is 16.3 Å². The first-order chi connectivity index (χ1) is 14.2. The normalized spacial score (nSPS) is 13.2. The molecule has 0 fully saturated rings. The second-order valence-corrected chi connectivity index (χ2v) is 10.2. The minimum Gasteiger partial charge on any atom is -0.354 e.